The van der Waals surface area contributed by atoms with Gasteiger partial charge >= 0.3 is 5.97 Å². The Morgan fingerprint density at radius 1 is 1.11 bits per heavy atom. The second-order valence-corrected chi connectivity index (χ2v) is 14.5. The number of esters is 1. The Hall–Kier alpha value is 1.07. The normalized spacial score (nSPS) is 30.4. The molecule has 2 heterocycles. The lowest BCUT2D eigenvalue weighted by Gasteiger charge is -2.31. The van der Waals surface area contributed by atoms with E-state index < -0.39 is 0 Å². The van der Waals surface area contributed by atoms with Gasteiger partial charge in [0.05, 0.1) is 9.16 Å². The van der Waals surface area contributed by atoms with Gasteiger partial charge in [-0.25, -0.2) is 4.79 Å². The second-order valence-electron chi connectivity index (χ2n) is 6.43. The van der Waals surface area contributed by atoms with Crippen LogP contribution in [0.25, 0.3) is 0 Å². The lowest BCUT2D eigenvalue weighted by molar-refractivity contribution is -0.137. The monoisotopic (exact) mass is 514 g/mol. The van der Waals surface area contributed by atoms with Gasteiger partial charge in [0.1, 0.15) is 6.61 Å². The summed E-state index contributed by atoms with van der Waals surface area (Å²) in [5.74, 6) is 2.83. The van der Waals surface area contributed by atoms with Crippen molar-refractivity contribution in [2.24, 2.45) is 5.92 Å². The van der Waals surface area contributed by atoms with Crippen LogP contribution in [-0.2, 0) is 14.3 Å². The van der Waals surface area contributed by atoms with Gasteiger partial charge in [-0.05, 0) is 12.0 Å². The first-order valence-corrected chi connectivity index (χ1v) is 14.8. The van der Waals surface area contributed by atoms with Gasteiger partial charge in [-0.1, -0.05) is 31.8 Å². The quantitative estimate of drug-likeness (QED) is 0.246. The van der Waals surface area contributed by atoms with E-state index in [1.54, 1.807) is 0 Å². The van der Waals surface area contributed by atoms with E-state index in [1.165, 1.54) is 23.9 Å². The van der Waals surface area contributed by atoms with Crippen LogP contribution in [0.15, 0.2) is 25.3 Å². The molecule has 0 spiro atoms. The van der Waals surface area contributed by atoms with Crippen molar-refractivity contribution < 1.29 is 14.3 Å². The molecule has 158 valence electrons. The minimum absolute atomic E-state index is 0.0453. The van der Waals surface area contributed by atoms with Crippen molar-refractivity contribution in [2.75, 3.05) is 23.9 Å². The molecule has 0 radical (unpaired) electrons. The molecule has 10 heteroatoms. The number of thiol groups is 2. The van der Waals surface area contributed by atoms with Gasteiger partial charge in [-0.2, -0.15) is 25.3 Å². The Labute approximate surface area is 200 Å². The molecule has 2 rings (SSSR count). The maximum atomic E-state index is 11.4. The molecule has 0 amide bonds. The molecule has 2 saturated heterocycles. The highest BCUT2D eigenvalue weighted by atomic mass is 32.2. The topological polar surface area (TPSA) is 43.4 Å². The molecule has 3 nitrogen and oxygen atoms in total. The summed E-state index contributed by atoms with van der Waals surface area (Å²) >= 11 is 18.8. The fourth-order valence-corrected chi connectivity index (χ4v) is 12.1. The second kappa shape index (κ2) is 12.8. The third kappa shape index (κ3) is 7.64. The fraction of sp³-hybridized carbons (Fsp3) is 0.667. The number of carbonyl (C=O) groups is 2. The van der Waals surface area contributed by atoms with Gasteiger partial charge in [0, 0.05) is 44.3 Å². The number of ether oxygens (including phenoxy) is 1. The van der Waals surface area contributed by atoms with Gasteiger partial charge in [-0.3, -0.25) is 4.79 Å². The Kier molecular flexibility index (Phi) is 11.6. The van der Waals surface area contributed by atoms with E-state index in [4.69, 9.17) is 30.0 Å². The molecule has 0 saturated carbocycles. The molecule has 2 fully saturated rings. The Morgan fingerprint density at radius 3 is 2.25 bits per heavy atom. The highest BCUT2D eigenvalue weighted by Crippen LogP contribution is 2.48. The summed E-state index contributed by atoms with van der Waals surface area (Å²) in [6.07, 6.45) is 2.58. The SMILES string of the molecule is C=CC(=O)OCC1CSC(C(S)C(C)C(S)C2SCC(CSC(=O)C=C)S2)S1. The van der Waals surface area contributed by atoms with Gasteiger partial charge in [0.25, 0.3) is 0 Å². The molecular weight excluding hydrogens is 489 g/mol. The van der Waals surface area contributed by atoms with Crippen LogP contribution >= 0.6 is 84.1 Å². The average Bonchev–Trinajstić information content (AvgIpc) is 3.38. The summed E-state index contributed by atoms with van der Waals surface area (Å²) < 4.78 is 5.97. The van der Waals surface area contributed by atoms with Gasteiger partial charge in [-0.15, -0.1) is 47.0 Å². The van der Waals surface area contributed by atoms with Crippen LogP contribution in [0.1, 0.15) is 6.92 Å². The fourth-order valence-electron chi connectivity index (χ4n) is 2.64. The van der Waals surface area contributed by atoms with E-state index in [-0.39, 0.29) is 21.6 Å². The Morgan fingerprint density at radius 2 is 1.68 bits per heavy atom. The average molecular weight is 515 g/mol. The lowest BCUT2D eigenvalue weighted by atomic mass is 10.1. The van der Waals surface area contributed by atoms with E-state index in [0.29, 0.717) is 32.2 Å². The van der Waals surface area contributed by atoms with Crippen molar-refractivity contribution >= 4 is 95.2 Å². The standard InChI is InChI=1S/C18H26O3S7/c1-4-13(19)21-6-11-7-25-17(27-11)15(22)10(3)16(23)18-26-9-12(28-18)8-24-14(20)5-2/h4-5,10-12,15-18,22-23H,1-2,6-9H2,3H3. The zero-order valence-electron chi connectivity index (χ0n) is 15.6. The van der Waals surface area contributed by atoms with Crippen LogP contribution in [0.3, 0.4) is 0 Å². The molecular formula is C18H26O3S7. The molecule has 2 aliphatic rings. The number of carbonyl (C=O) groups excluding carboxylic acids is 2. The summed E-state index contributed by atoms with van der Waals surface area (Å²) in [6.45, 7) is 9.60. The third-order valence-electron chi connectivity index (χ3n) is 4.34. The number of rotatable bonds is 10. The van der Waals surface area contributed by atoms with Gasteiger partial charge in [0.15, 0.2) is 0 Å². The van der Waals surface area contributed by atoms with Crippen LogP contribution in [-0.4, -0.2) is 65.1 Å². The first-order valence-electron chi connectivity index (χ1n) is 8.84. The predicted molar refractivity (Wildman–Crippen MR) is 139 cm³/mol. The maximum Gasteiger partial charge on any atom is 0.330 e. The predicted octanol–water partition coefficient (Wildman–Crippen LogP) is 4.74. The van der Waals surface area contributed by atoms with Crippen LogP contribution in [0, 0.1) is 5.92 Å². The minimum atomic E-state index is -0.363. The molecule has 7 unspecified atom stereocenters. The molecule has 0 aromatic carbocycles. The van der Waals surface area contributed by atoms with E-state index in [2.05, 4.69) is 20.1 Å². The third-order valence-corrected chi connectivity index (χ3v) is 14.8. The lowest BCUT2D eigenvalue weighted by Crippen LogP contribution is -2.32. The smallest absolute Gasteiger partial charge is 0.330 e. The van der Waals surface area contributed by atoms with Crippen molar-refractivity contribution in [3.8, 4) is 0 Å². The van der Waals surface area contributed by atoms with E-state index >= 15 is 0 Å². The van der Waals surface area contributed by atoms with Crippen LogP contribution in [0.2, 0.25) is 0 Å². The van der Waals surface area contributed by atoms with Crippen molar-refractivity contribution in [1.82, 2.24) is 0 Å². The summed E-state index contributed by atoms with van der Waals surface area (Å²) in [5, 5.41) is 1.28. The van der Waals surface area contributed by atoms with Crippen molar-refractivity contribution in [1.29, 1.82) is 0 Å². The number of hydrogen-bond donors (Lipinski definition) is 2. The zero-order valence-corrected chi connectivity index (χ0v) is 21.5. The molecule has 0 bridgehead atoms. The molecule has 0 aromatic heterocycles. The zero-order chi connectivity index (χ0) is 20.7. The number of hydrogen-bond acceptors (Lipinski definition) is 10. The Balaban J connectivity index is 1.77. The molecule has 0 N–H and O–H groups in total. The van der Waals surface area contributed by atoms with Crippen LogP contribution in [0.4, 0.5) is 0 Å². The van der Waals surface area contributed by atoms with Crippen molar-refractivity contribution in [2.45, 2.75) is 37.1 Å². The van der Waals surface area contributed by atoms with Crippen molar-refractivity contribution in [3.63, 3.8) is 0 Å². The number of thioether (sulfide) groups is 5. The van der Waals surface area contributed by atoms with Crippen molar-refractivity contribution in [3.05, 3.63) is 25.3 Å². The van der Waals surface area contributed by atoms with E-state index in [9.17, 15) is 9.59 Å². The largest absolute Gasteiger partial charge is 0.461 e. The molecule has 0 aromatic rings. The summed E-state index contributed by atoms with van der Waals surface area (Å²) in [7, 11) is 0. The molecule has 7 atom stereocenters. The van der Waals surface area contributed by atoms with E-state index in [0.717, 1.165) is 17.3 Å². The first kappa shape index (κ1) is 25.3. The highest BCUT2D eigenvalue weighted by molar-refractivity contribution is 8.22. The van der Waals surface area contributed by atoms with E-state index in [1.807, 2.05) is 47.0 Å². The molecule has 0 aliphatic carbocycles. The van der Waals surface area contributed by atoms with Crippen LogP contribution in [0.5, 0.6) is 0 Å². The maximum absolute atomic E-state index is 11.4. The summed E-state index contributed by atoms with van der Waals surface area (Å²) in [4.78, 5) is 22.7. The Bertz CT molecular complexity index is 525. The molecule has 28 heavy (non-hydrogen) atoms. The highest BCUT2D eigenvalue weighted by Gasteiger charge is 2.40. The van der Waals surface area contributed by atoms with Gasteiger partial charge < -0.3 is 4.74 Å². The van der Waals surface area contributed by atoms with Crippen LogP contribution < -0.4 is 0 Å². The first-order chi connectivity index (χ1) is 13.3. The minimum Gasteiger partial charge on any atom is -0.461 e. The van der Waals surface area contributed by atoms with Gasteiger partial charge in [0.2, 0.25) is 5.12 Å². The summed E-state index contributed by atoms with van der Waals surface area (Å²) in [6, 6.07) is 0. The molecule has 2 aliphatic heterocycles. The summed E-state index contributed by atoms with van der Waals surface area (Å²) in [5.41, 5.74) is 0.